The van der Waals surface area contributed by atoms with Gasteiger partial charge >= 0.3 is 12.1 Å². The number of anilines is 2. The lowest BCUT2D eigenvalue weighted by molar-refractivity contribution is -0.219. The second kappa shape index (κ2) is 10.2. The highest BCUT2D eigenvalue weighted by Gasteiger charge is 2.43. The molecule has 0 unspecified atom stereocenters. The maximum atomic E-state index is 12.7. The molecule has 0 aliphatic heterocycles. The Labute approximate surface area is 207 Å². The van der Waals surface area contributed by atoms with Crippen molar-refractivity contribution in [3.8, 4) is 17.2 Å². The predicted octanol–water partition coefficient (Wildman–Crippen LogP) is 3.69. The minimum absolute atomic E-state index is 0.00475. The maximum Gasteiger partial charge on any atom is 0.492 e. The molecule has 2 aromatic carbocycles. The highest BCUT2D eigenvalue weighted by Crippen LogP contribution is 2.45. The van der Waals surface area contributed by atoms with Crippen molar-refractivity contribution >= 4 is 50.0 Å². The van der Waals surface area contributed by atoms with Crippen molar-refractivity contribution in [1.29, 1.82) is 0 Å². The summed E-state index contributed by atoms with van der Waals surface area (Å²) < 4.78 is 78.8. The van der Waals surface area contributed by atoms with E-state index in [0.717, 1.165) is 12.1 Å². The van der Waals surface area contributed by atoms with Gasteiger partial charge in [-0.1, -0.05) is 11.6 Å². The summed E-state index contributed by atoms with van der Waals surface area (Å²) in [5, 5.41) is 3.23. The van der Waals surface area contributed by atoms with Gasteiger partial charge in [-0.05, 0) is 22.7 Å². The number of hydrogen-bond donors (Lipinski definition) is 1. The Kier molecular flexibility index (Phi) is 7.66. The van der Waals surface area contributed by atoms with Crippen LogP contribution in [-0.4, -0.2) is 63.4 Å². The quantitative estimate of drug-likeness (QED) is 0.414. The van der Waals surface area contributed by atoms with Crippen LogP contribution in [0.25, 0.3) is 10.9 Å². The summed E-state index contributed by atoms with van der Waals surface area (Å²) >= 11 is 6.23. The van der Waals surface area contributed by atoms with Gasteiger partial charge in [-0.2, -0.15) is 13.2 Å². The number of hydroxylamine groups is 1. The zero-order chi connectivity index (χ0) is 26.8. The molecule has 0 fully saturated rings. The fourth-order valence-corrected chi connectivity index (χ4v) is 4.17. The molecule has 3 rings (SSSR count). The number of sulfonamides is 1. The number of fused-ring (bicyclic) bond motifs is 1. The van der Waals surface area contributed by atoms with Crippen molar-refractivity contribution in [3.63, 3.8) is 0 Å². The molecule has 0 saturated carbocycles. The van der Waals surface area contributed by atoms with Gasteiger partial charge in [0.1, 0.15) is 12.1 Å². The zero-order valence-corrected chi connectivity index (χ0v) is 20.6. The fourth-order valence-electron chi connectivity index (χ4n) is 3.04. The van der Waals surface area contributed by atoms with Crippen LogP contribution in [0.1, 0.15) is 0 Å². The van der Waals surface area contributed by atoms with E-state index < -0.39 is 27.1 Å². The van der Waals surface area contributed by atoms with Crippen LogP contribution in [0.2, 0.25) is 5.02 Å². The molecule has 194 valence electrons. The Balaban J connectivity index is 2.07. The van der Waals surface area contributed by atoms with Crippen LogP contribution < -0.4 is 19.5 Å². The number of hydrogen-bond acceptors (Lipinski definition) is 10. The van der Waals surface area contributed by atoms with Crippen LogP contribution in [-0.2, 0) is 19.7 Å². The second-order valence-corrected chi connectivity index (χ2v) is 9.16. The van der Waals surface area contributed by atoms with Crippen molar-refractivity contribution in [1.82, 2.24) is 14.4 Å². The van der Waals surface area contributed by atoms with Crippen molar-refractivity contribution in [3.05, 3.63) is 35.6 Å². The molecule has 0 saturated heterocycles. The van der Waals surface area contributed by atoms with Crippen LogP contribution in [0.15, 0.2) is 35.5 Å². The van der Waals surface area contributed by atoms with Crippen molar-refractivity contribution in [2.45, 2.75) is 11.1 Å². The van der Waals surface area contributed by atoms with Gasteiger partial charge in [-0.15, -0.1) is 0 Å². The largest absolute Gasteiger partial charge is 0.493 e. The van der Waals surface area contributed by atoms with Crippen molar-refractivity contribution in [2.75, 3.05) is 33.7 Å². The van der Waals surface area contributed by atoms with Crippen LogP contribution in [0, 0.1) is 0 Å². The van der Waals surface area contributed by atoms with Gasteiger partial charge in [0, 0.05) is 13.1 Å². The molecule has 0 radical (unpaired) electrons. The van der Waals surface area contributed by atoms with Crippen LogP contribution >= 0.6 is 11.6 Å². The minimum atomic E-state index is -5.40. The number of methoxy groups -OCH3 is 3. The Bertz CT molecular complexity index is 1420. The summed E-state index contributed by atoms with van der Waals surface area (Å²) in [6.07, 6.45) is -4.18. The van der Waals surface area contributed by atoms with E-state index in [1.165, 1.54) is 33.7 Å². The van der Waals surface area contributed by atoms with Gasteiger partial charge < -0.3 is 24.4 Å². The third-order valence-electron chi connectivity index (χ3n) is 4.70. The predicted molar refractivity (Wildman–Crippen MR) is 121 cm³/mol. The summed E-state index contributed by atoms with van der Waals surface area (Å²) in [5.41, 5.74) is 0.380. The molecule has 0 atom stereocenters. The summed E-state index contributed by atoms with van der Waals surface area (Å²) in [6, 6.07) is 4.79. The van der Waals surface area contributed by atoms with Gasteiger partial charge in [-0.25, -0.2) is 23.2 Å². The summed E-state index contributed by atoms with van der Waals surface area (Å²) in [6.45, 7) is 0. The lowest BCUT2D eigenvalue weighted by Gasteiger charge is -2.19. The number of alkyl halides is 3. The van der Waals surface area contributed by atoms with Crippen molar-refractivity contribution < 1.29 is 45.4 Å². The molecule has 0 amide bonds. The topological polar surface area (TPSA) is 129 Å². The third-order valence-corrected chi connectivity index (χ3v) is 6.63. The van der Waals surface area contributed by atoms with E-state index in [2.05, 4.69) is 20.1 Å². The molecule has 0 bridgehead atoms. The summed E-state index contributed by atoms with van der Waals surface area (Å²) in [5.74, 6) is -1.81. The lowest BCUT2D eigenvalue weighted by Crippen LogP contribution is -2.36. The molecule has 16 heteroatoms. The highest BCUT2D eigenvalue weighted by atomic mass is 35.5. The number of rotatable bonds is 8. The normalized spacial score (nSPS) is 11.9. The Morgan fingerprint density at radius 1 is 1.06 bits per heavy atom. The SMILES string of the molecule is COc1cc2ncnc(Nc3cc(S(=O)(=O)N(C)OC(=O)C(F)(F)F)ccc3Cl)c2c(OC)c1OC. The van der Waals surface area contributed by atoms with Crippen LogP contribution in [0.4, 0.5) is 24.7 Å². The van der Waals surface area contributed by atoms with Gasteiger partial charge in [0.15, 0.2) is 11.5 Å². The second-order valence-electron chi connectivity index (χ2n) is 6.82. The Hall–Kier alpha value is -3.56. The number of carbonyl (C=O) groups is 1. The van der Waals surface area contributed by atoms with E-state index in [-0.39, 0.29) is 32.5 Å². The molecule has 0 aliphatic carbocycles. The first kappa shape index (κ1) is 27.0. The number of ether oxygens (including phenoxy) is 3. The number of carbonyl (C=O) groups excluding carboxylic acids is 1. The summed E-state index contributed by atoms with van der Waals surface area (Å²) in [4.78, 5) is 22.8. The van der Waals surface area contributed by atoms with E-state index in [1.54, 1.807) is 6.07 Å². The zero-order valence-electron chi connectivity index (χ0n) is 19.0. The number of nitrogens with zero attached hydrogens (tertiary/aromatic N) is 3. The van der Waals surface area contributed by atoms with E-state index in [9.17, 15) is 26.4 Å². The number of nitrogens with one attached hydrogen (secondary N) is 1. The maximum absolute atomic E-state index is 12.7. The van der Waals surface area contributed by atoms with Crippen LogP contribution in [0.5, 0.6) is 17.2 Å². The van der Waals surface area contributed by atoms with Gasteiger partial charge in [0.05, 0.1) is 47.8 Å². The molecule has 0 spiro atoms. The average Bonchev–Trinajstić information content (AvgIpc) is 2.83. The molecule has 36 heavy (non-hydrogen) atoms. The molecule has 3 aromatic rings. The number of benzene rings is 2. The average molecular weight is 551 g/mol. The Morgan fingerprint density at radius 3 is 2.31 bits per heavy atom. The van der Waals surface area contributed by atoms with E-state index in [0.29, 0.717) is 23.7 Å². The highest BCUT2D eigenvalue weighted by molar-refractivity contribution is 7.89. The first-order valence-corrected chi connectivity index (χ1v) is 11.4. The molecule has 11 nitrogen and oxygen atoms in total. The number of halogens is 4. The number of aromatic nitrogens is 2. The molecular weight excluding hydrogens is 533 g/mol. The molecule has 1 heterocycles. The third kappa shape index (κ3) is 5.17. The molecular formula is C20H18ClF3N4O7S. The fraction of sp³-hybridized carbons (Fsp3) is 0.250. The first-order chi connectivity index (χ1) is 16.8. The first-order valence-electron chi connectivity index (χ1n) is 9.63. The minimum Gasteiger partial charge on any atom is -0.493 e. The molecule has 0 aliphatic rings. The van der Waals surface area contributed by atoms with Gasteiger partial charge in [-0.3, -0.25) is 0 Å². The lowest BCUT2D eigenvalue weighted by atomic mass is 10.1. The molecule has 1 N–H and O–H groups in total. The van der Waals surface area contributed by atoms with E-state index in [1.807, 2.05) is 0 Å². The Morgan fingerprint density at radius 2 is 1.72 bits per heavy atom. The van der Waals surface area contributed by atoms with Gasteiger partial charge in [0.2, 0.25) is 5.75 Å². The summed E-state index contributed by atoms with van der Waals surface area (Å²) in [7, 11) is 0.147. The molecule has 1 aromatic heterocycles. The standard InChI is InChI=1S/C20H18ClF3N4O7S/c1-28(35-19(29)20(22,23)24)36(30,31)10-5-6-11(21)12(7-10)27-18-15-13(25-9-26-18)8-14(32-2)16(33-3)17(15)34-4/h5-9H,1-4H3,(H,25,26,27). The van der Waals surface area contributed by atoms with E-state index in [4.69, 9.17) is 25.8 Å². The van der Waals surface area contributed by atoms with Crippen molar-refractivity contribution in [2.24, 2.45) is 0 Å². The van der Waals surface area contributed by atoms with Gasteiger partial charge in [0.25, 0.3) is 10.0 Å². The van der Waals surface area contributed by atoms with Crippen LogP contribution in [0.3, 0.4) is 0 Å². The smallest absolute Gasteiger partial charge is 0.492 e. The monoisotopic (exact) mass is 550 g/mol. The van der Waals surface area contributed by atoms with E-state index >= 15 is 0 Å².